The van der Waals surface area contributed by atoms with Crippen LogP contribution in [-0.4, -0.2) is 28.8 Å². The van der Waals surface area contributed by atoms with Crippen molar-refractivity contribution in [1.82, 2.24) is 15.1 Å². The Kier molecular flexibility index (Phi) is 5.38. The van der Waals surface area contributed by atoms with E-state index in [1.54, 1.807) is 6.20 Å². The highest BCUT2D eigenvalue weighted by Gasteiger charge is 2.23. The van der Waals surface area contributed by atoms with E-state index in [-0.39, 0.29) is 17.7 Å². The molecule has 1 aliphatic rings. The summed E-state index contributed by atoms with van der Waals surface area (Å²) >= 11 is 0. The maximum Gasteiger partial charge on any atom is 0.254 e. The van der Waals surface area contributed by atoms with Crippen LogP contribution in [0.1, 0.15) is 46.9 Å². The van der Waals surface area contributed by atoms with Crippen molar-refractivity contribution in [2.75, 3.05) is 13.2 Å². The lowest BCUT2D eigenvalue weighted by molar-refractivity contribution is 0.0937. The number of benzene rings is 2. The second-order valence-electron chi connectivity index (χ2n) is 8.04. The quantitative estimate of drug-likeness (QED) is 0.708. The predicted molar refractivity (Wildman–Crippen MR) is 114 cm³/mol. The largest absolute Gasteiger partial charge is 0.493 e. The summed E-state index contributed by atoms with van der Waals surface area (Å²) in [5.74, 6) is 1.32. The summed E-state index contributed by atoms with van der Waals surface area (Å²) in [6, 6.07) is 16.3. The van der Waals surface area contributed by atoms with E-state index in [1.165, 1.54) is 11.1 Å². The number of hydrogen-bond donors (Lipinski definition) is 1. The summed E-state index contributed by atoms with van der Waals surface area (Å²) in [4.78, 5) is 13.0. The SMILES string of the molecule is Cc1ccc(-n2ncc(C(=O)NCC3COc4ccccc4C3)c2C(C)C)cc1. The number of ether oxygens (including phenoxy) is 1. The minimum absolute atomic E-state index is 0.0779. The maximum absolute atomic E-state index is 13.0. The molecule has 0 aliphatic carbocycles. The van der Waals surface area contributed by atoms with Crippen molar-refractivity contribution >= 4 is 5.91 Å². The average Bonchev–Trinajstić information content (AvgIpc) is 3.18. The summed E-state index contributed by atoms with van der Waals surface area (Å²) in [6.45, 7) is 7.44. The molecule has 0 saturated carbocycles. The third-order valence-corrected chi connectivity index (χ3v) is 5.38. The highest BCUT2D eigenvalue weighted by atomic mass is 16.5. The van der Waals surface area contributed by atoms with E-state index in [0.717, 1.165) is 23.6 Å². The molecule has 29 heavy (non-hydrogen) atoms. The van der Waals surface area contributed by atoms with Gasteiger partial charge in [0, 0.05) is 12.5 Å². The molecular formula is C24H27N3O2. The minimum Gasteiger partial charge on any atom is -0.493 e. The Bertz CT molecular complexity index is 1010. The van der Waals surface area contributed by atoms with Gasteiger partial charge in [-0.2, -0.15) is 5.10 Å². The van der Waals surface area contributed by atoms with Crippen LogP contribution in [0.4, 0.5) is 0 Å². The first-order valence-electron chi connectivity index (χ1n) is 10.2. The molecule has 5 nitrogen and oxygen atoms in total. The van der Waals surface area contributed by atoms with Crippen molar-refractivity contribution in [1.29, 1.82) is 0 Å². The monoisotopic (exact) mass is 389 g/mol. The summed E-state index contributed by atoms with van der Waals surface area (Å²) in [5, 5.41) is 7.61. The zero-order valence-corrected chi connectivity index (χ0v) is 17.2. The molecule has 1 N–H and O–H groups in total. The number of fused-ring (bicyclic) bond motifs is 1. The van der Waals surface area contributed by atoms with Crippen molar-refractivity contribution < 1.29 is 9.53 Å². The van der Waals surface area contributed by atoms with Crippen LogP contribution in [0.2, 0.25) is 0 Å². The Morgan fingerprint density at radius 3 is 2.72 bits per heavy atom. The van der Waals surface area contributed by atoms with Crippen molar-refractivity contribution in [3.05, 3.63) is 77.1 Å². The molecule has 0 saturated heterocycles. The molecule has 1 atom stereocenters. The first kappa shape index (κ1) is 19.2. The number of para-hydroxylation sites is 1. The van der Waals surface area contributed by atoms with Gasteiger partial charge in [-0.25, -0.2) is 4.68 Å². The minimum atomic E-state index is -0.0779. The van der Waals surface area contributed by atoms with Crippen LogP contribution in [0, 0.1) is 12.8 Å². The molecule has 150 valence electrons. The van der Waals surface area contributed by atoms with Gasteiger partial charge in [-0.15, -0.1) is 0 Å². The third kappa shape index (κ3) is 4.04. The van der Waals surface area contributed by atoms with Gasteiger partial charge in [-0.05, 0) is 43.0 Å². The van der Waals surface area contributed by atoms with Gasteiger partial charge in [0.25, 0.3) is 5.91 Å². The standard InChI is InChI=1S/C24H27N3O2/c1-16(2)23-21(14-26-27(23)20-10-8-17(3)9-11-20)24(28)25-13-18-12-19-6-4-5-7-22(19)29-15-18/h4-11,14,16,18H,12-13,15H2,1-3H3,(H,25,28). The molecule has 1 aliphatic heterocycles. The lowest BCUT2D eigenvalue weighted by atomic mass is 9.96. The molecule has 0 bridgehead atoms. The van der Waals surface area contributed by atoms with Crippen LogP contribution < -0.4 is 10.1 Å². The van der Waals surface area contributed by atoms with Crippen molar-refractivity contribution in [3.63, 3.8) is 0 Å². The maximum atomic E-state index is 13.0. The molecule has 1 amide bonds. The van der Waals surface area contributed by atoms with Crippen LogP contribution in [0.5, 0.6) is 5.75 Å². The second kappa shape index (κ2) is 8.11. The second-order valence-corrected chi connectivity index (χ2v) is 8.04. The normalized spacial score (nSPS) is 15.7. The molecule has 0 radical (unpaired) electrons. The van der Waals surface area contributed by atoms with Crippen molar-refractivity contribution in [2.24, 2.45) is 5.92 Å². The Morgan fingerprint density at radius 1 is 1.21 bits per heavy atom. The van der Waals surface area contributed by atoms with Crippen LogP contribution in [0.15, 0.2) is 54.7 Å². The number of hydrogen-bond acceptors (Lipinski definition) is 3. The van der Waals surface area contributed by atoms with Gasteiger partial charge < -0.3 is 10.1 Å². The summed E-state index contributed by atoms with van der Waals surface area (Å²) in [5.41, 5.74) is 4.93. The van der Waals surface area contributed by atoms with Gasteiger partial charge in [0.15, 0.2) is 0 Å². The van der Waals surface area contributed by atoms with Gasteiger partial charge in [0.2, 0.25) is 0 Å². The number of carbonyl (C=O) groups is 1. The van der Waals surface area contributed by atoms with Crippen LogP contribution in [0.3, 0.4) is 0 Å². The highest BCUT2D eigenvalue weighted by Crippen LogP contribution is 2.27. The highest BCUT2D eigenvalue weighted by molar-refractivity contribution is 5.95. The topological polar surface area (TPSA) is 56.2 Å². The van der Waals surface area contributed by atoms with Crippen LogP contribution in [0.25, 0.3) is 5.69 Å². The van der Waals surface area contributed by atoms with Gasteiger partial charge in [0.05, 0.1) is 29.7 Å². The van der Waals surface area contributed by atoms with Crippen molar-refractivity contribution in [3.8, 4) is 11.4 Å². The van der Waals surface area contributed by atoms with E-state index in [0.29, 0.717) is 18.7 Å². The molecule has 5 heteroatoms. The lowest BCUT2D eigenvalue weighted by Gasteiger charge is -2.25. The van der Waals surface area contributed by atoms with E-state index in [9.17, 15) is 4.79 Å². The van der Waals surface area contributed by atoms with Crippen molar-refractivity contribution in [2.45, 2.75) is 33.1 Å². The Morgan fingerprint density at radius 2 is 1.97 bits per heavy atom. The predicted octanol–water partition coefficient (Wildman–Crippen LogP) is 4.29. The first-order valence-corrected chi connectivity index (χ1v) is 10.2. The zero-order chi connectivity index (χ0) is 20.4. The molecule has 1 aromatic heterocycles. The molecule has 0 spiro atoms. The number of nitrogens with zero attached hydrogens (tertiary/aromatic N) is 2. The van der Waals surface area contributed by atoms with Crippen LogP contribution in [-0.2, 0) is 6.42 Å². The smallest absolute Gasteiger partial charge is 0.254 e. The number of nitrogens with one attached hydrogen (secondary N) is 1. The zero-order valence-electron chi connectivity index (χ0n) is 17.2. The van der Waals surface area contributed by atoms with E-state index in [1.807, 2.05) is 35.0 Å². The fourth-order valence-electron chi connectivity index (χ4n) is 3.83. The van der Waals surface area contributed by atoms with Crippen LogP contribution >= 0.6 is 0 Å². The van der Waals surface area contributed by atoms with E-state index < -0.39 is 0 Å². The third-order valence-electron chi connectivity index (χ3n) is 5.38. The summed E-state index contributed by atoms with van der Waals surface area (Å²) in [6.07, 6.45) is 2.59. The lowest BCUT2D eigenvalue weighted by Crippen LogP contribution is -2.35. The number of amides is 1. The molecule has 3 aromatic rings. The van der Waals surface area contributed by atoms with E-state index >= 15 is 0 Å². The average molecular weight is 389 g/mol. The van der Waals surface area contributed by atoms with Gasteiger partial charge in [0.1, 0.15) is 5.75 Å². The molecule has 2 aromatic carbocycles. The molecular weight excluding hydrogens is 362 g/mol. The Labute approximate surface area is 171 Å². The summed E-state index contributed by atoms with van der Waals surface area (Å²) in [7, 11) is 0. The molecule has 0 fully saturated rings. The number of rotatable bonds is 5. The fraction of sp³-hybridized carbons (Fsp3) is 0.333. The molecule has 2 heterocycles. The summed E-state index contributed by atoms with van der Waals surface area (Å²) < 4.78 is 7.71. The Hall–Kier alpha value is -3.08. The number of carbonyl (C=O) groups excluding carboxylic acids is 1. The number of aromatic nitrogens is 2. The Balaban J connectivity index is 1.48. The number of aryl methyl sites for hydroxylation is 1. The van der Waals surface area contributed by atoms with Gasteiger partial charge in [-0.3, -0.25) is 4.79 Å². The van der Waals surface area contributed by atoms with E-state index in [4.69, 9.17) is 4.74 Å². The van der Waals surface area contributed by atoms with Gasteiger partial charge in [-0.1, -0.05) is 49.7 Å². The van der Waals surface area contributed by atoms with E-state index in [2.05, 4.69) is 49.4 Å². The fourth-order valence-corrected chi connectivity index (χ4v) is 3.83. The molecule has 4 rings (SSSR count). The first-order chi connectivity index (χ1) is 14.0. The van der Waals surface area contributed by atoms with Gasteiger partial charge >= 0.3 is 0 Å². The molecule has 1 unspecified atom stereocenters.